The maximum atomic E-state index is 12.3. The highest BCUT2D eigenvalue weighted by Crippen LogP contribution is 2.30. The number of hydrogen-bond donors (Lipinski definition) is 0. The lowest BCUT2D eigenvalue weighted by Crippen LogP contribution is -2.08. The molecule has 0 atom stereocenters. The number of methoxy groups -OCH3 is 1. The number of ether oxygens (including phenoxy) is 2. The van der Waals surface area contributed by atoms with Crippen LogP contribution in [-0.2, 0) is 21.3 Å². The standard InChI is InChI=1S/C14H15F2NO5S/c1-9-5-11(22-17-9)8-23(18,19)7-10-3-4-12(21-14(15)16)13(6-10)20-2/h3-6,14H,7-8H2,1-2H3. The second kappa shape index (κ2) is 6.95. The number of halogens is 2. The van der Waals surface area contributed by atoms with Gasteiger partial charge in [-0.25, -0.2) is 8.42 Å². The number of nitrogens with zero attached hydrogens (tertiary/aromatic N) is 1. The Bertz CT molecular complexity index is 773. The summed E-state index contributed by atoms with van der Waals surface area (Å²) in [6.07, 6.45) is 0. The molecule has 2 rings (SSSR count). The van der Waals surface area contributed by atoms with Crippen molar-refractivity contribution in [3.05, 3.63) is 41.3 Å². The van der Waals surface area contributed by atoms with Gasteiger partial charge in [0.2, 0.25) is 0 Å². The molecule has 0 unspecified atom stereocenters. The molecule has 0 aliphatic rings. The van der Waals surface area contributed by atoms with Crippen molar-refractivity contribution in [3.63, 3.8) is 0 Å². The van der Waals surface area contributed by atoms with E-state index in [1.807, 2.05) is 0 Å². The number of benzene rings is 1. The Kier molecular flexibility index (Phi) is 5.19. The summed E-state index contributed by atoms with van der Waals surface area (Å²) >= 11 is 0. The van der Waals surface area contributed by atoms with Crippen LogP contribution < -0.4 is 9.47 Å². The summed E-state index contributed by atoms with van der Waals surface area (Å²) in [7, 11) is -2.23. The van der Waals surface area contributed by atoms with E-state index < -0.39 is 16.4 Å². The molecule has 0 bridgehead atoms. The molecule has 23 heavy (non-hydrogen) atoms. The van der Waals surface area contributed by atoms with Crippen LogP contribution in [0.15, 0.2) is 28.8 Å². The van der Waals surface area contributed by atoms with Crippen LogP contribution in [0, 0.1) is 6.92 Å². The van der Waals surface area contributed by atoms with Crippen LogP contribution in [-0.4, -0.2) is 27.3 Å². The van der Waals surface area contributed by atoms with Gasteiger partial charge in [0.15, 0.2) is 27.1 Å². The monoisotopic (exact) mass is 347 g/mol. The summed E-state index contributed by atoms with van der Waals surface area (Å²) in [5, 5.41) is 3.63. The predicted molar refractivity (Wildman–Crippen MR) is 77.2 cm³/mol. The Balaban J connectivity index is 2.15. The number of aromatic nitrogens is 1. The highest BCUT2D eigenvalue weighted by molar-refractivity contribution is 7.89. The normalized spacial score (nSPS) is 11.7. The molecule has 0 aliphatic heterocycles. The van der Waals surface area contributed by atoms with Crippen LogP contribution >= 0.6 is 0 Å². The number of rotatable bonds is 7. The SMILES string of the molecule is COc1cc(CS(=O)(=O)Cc2cc(C)no2)ccc1OC(F)F. The Morgan fingerprint density at radius 2 is 1.96 bits per heavy atom. The van der Waals surface area contributed by atoms with Crippen molar-refractivity contribution < 1.29 is 31.2 Å². The first-order valence-corrected chi connectivity index (χ1v) is 8.35. The molecular formula is C14H15F2NO5S. The molecular weight excluding hydrogens is 332 g/mol. The van der Waals surface area contributed by atoms with E-state index in [4.69, 9.17) is 9.26 Å². The average molecular weight is 347 g/mol. The predicted octanol–water partition coefficient (Wildman–Crippen LogP) is 2.71. The van der Waals surface area contributed by atoms with Crippen molar-refractivity contribution in [1.29, 1.82) is 0 Å². The second-order valence-electron chi connectivity index (χ2n) is 4.83. The molecule has 1 aromatic heterocycles. The first kappa shape index (κ1) is 17.2. The van der Waals surface area contributed by atoms with Gasteiger partial charge in [0.05, 0.1) is 18.6 Å². The van der Waals surface area contributed by atoms with E-state index in [0.717, 1.165) is 0 Å². The summed E-state index contributed by atoms with van der Waals surface area (Å²) in [6.45, 7) is -1.31. The fourth-order valence-corrected chi connectivity index (χ4v) is 3.36. The molecule has 0 fully saturated rings. The zero-order valence-corrected chi connectivity index (χ0v) is 13.3. The molecule has 1 heterocycles. The van der Waals surface area contributed by atoms with Crippen molar-refractivity contribution in [3.8, 4) is 11.5 Å². The van der Waals surface area contributed by atoms with Crippen LogP contribution in [0.2, 0.25) is 0 Å². The average Bonchev–Trinajstić information content (AvgIpc) is 2.84. The van der Waals surface area contributed by atoms with Crippen LogP contribution in [0.3, 0.4) is 0 Å². The molecule has 0 saturated heterocycles. The van der Waals surface area contributed by atoms with E-state index in [9.17, 15) is 17.2 Å². The minimum absolute atomic E-state index is 0.0357. The van der Waals surface area contributed by atoms with Gasteiger partial charge in [0.25, 0.3) is 0 Å². The quantitative estimate of drug-likeness (QED) is 0.766. The van der Waals surface area contributed by atoms with Crippen LogP contribution in [0.1, 0.15) is 17.0 Å². The largest absolute Gasteiger partial charge is 0.493 e. The lowest BCUT2D eigenvalue weighted by atomic mass is 10.2. The van der Waals surface area contributed by atoms with Gasteiger partial charge in [0.1, 0.15) is 5.75 Å². The van der Waals surface area contributed by atoms with E-state index >= 15 is 0 Å². The lowest BCUT2D eigenvalue weighted by Gasteiger charge is -2.11. The third-order valence-corrected chi connectivity index (χ3v) is 4.37. The van der Waals surface area contributed by atoms with Gasteiger partial charge in [-0.3, -0.25) is 0 Å². The second-order valence-corrected chi connectivity index (χ2v) is 6.90. The maximum Gasteiger partial charge on any atom is 0.387 e. The molecule has 2 aromatic rings. The Hall–Kier alpha value is -2.16. The van der Waals surface area contributed by atoms with E-state index in [1.54, 1.807) is 6.92 Å². The number of hydrogen-bond acceptors (Lipinski definition) is 6. The zero-order valence-electron chi connectivity index (χ0n) is 12.5. The van der Waals surface area contributed by atoms with Crippen molar-refractivity contribution in [1.82, 2.24) is 5.16 Å². The smallest absolute Gasteiger partial charge is 0.387 e. The molecule has 0 N–H and O–H groups in total. The molecule has 0 radical (unpaired) electrons. The number of alkyl halides is 2. The van der Waals surface area contributed by atoms with Gasteiger partial charge in [0, 0.05) is 6.07 Å². The molecule has 1 aromatic carbocycles. The van der Waals surface area contributed by atoms with E-state index in [0.29, 0.717) is 11.3 Å². The highest BCUT2D eigenvalue weighted by Gasteiger charge is 2.18. The van der Waals surface area contributed by atoms with Gasteiger partial charge in [-0.2, -0.15) is 8.78 Å². The Morgan fingerprint density at radius 3 is 2.52 bits per heavy atom. The summed E-state index contributed by atoms with van der Waals surface area (Å²) < 4.78 is 63.0. The van der Waals surface area contributed by atoms with Crippen LogP contribution in [0.25, 0.3) is 0 Å². The molecule has 126 valence electrons. The zero-order chi connectivity index (χ0) is 17.0. The third-order valence-electron chi connectivity index (χ3n) is 2.87. The molecule has 0 amide bonds. The minimum atomic E-state index is -3.51. The first-order valence-electron chi connectivity index (χ1n) is 6.53. The van der Waals surface area contributed by atoms with Gasteiger partial charge < -0.3 is 14.0 Å². The van der Waals surface area contributed by atoms with Crippen LogP contribution in [0.5, 0.6) is 11.5 Å². The topological polar surface area (TPSA) is 78.6 Å². The van der Waals surface area contributed by atoms with Crippen LogP contribution in [0.4, 0.5) is 8.78 Å². The lowest BCUT2D eigenvalue weighted by molar-refractivity contribution is -0.0512. The summed E-state index contributed by atoms with van der Waals surface area (Å²) in [5.41, 5.74) is 0.977. The molecule has 9 heteroatoms. The molecule has 0 spiro atoms. The Morgan fingerprint density at radius 1 is 1.22 bits per heavy atom. The van der Waals surface area contributed by atoms with Gasteiger partial charge in [-0.05, 0) is 24.6 Å². The van der Waals surface area contributed by atoms with E-state index in [1.165, 1.54) is 31.4 Å². The number of aryl methyl sites for hydroxylation is 1. The maximum absolute atomic E-state index is 12.3. The first-order chi connectivity index (χ1) is 10.8. The Labute approximate surface area is 131 Å². The third kappa shape index (κ3) is 4.92. The fraction of sp³-hybridized carbons (Fsp3) is 0.357. The van der Waals surface area contributed by atoms with Crippen molar-refractivity contribution in [2.45, 2.75) is 25.0 Å². The van der Waals surface area contributed by atoms with Gasteiger partial charge in [-0.15, -0.1) is 0 Å². The van der Waals surface area contributed by atoms with Gasteiger partial charge in [-0.1, -0.05) is 11.2 Å². The molecule has 0 saturated carbocycles. The summed E-state index contributed by atoms with van der Waals surface area (Å²) in [5.74, 6) is -0.473. The summed E-state index contributed by atoms with van der Waals surface area (Å²) in [6, 6.07) is 5.52. The van der Waals surface area contributed by atoms with Crippen molar-refractivity contribution in [2.75, 3.05) is 7.11 Å². The summed E-state index contributed by atoms with van der Waals surface area (Å²) in [4.78, 5) is 0. The number of sulfone groups is 1. The fourth-order valence-electron chi connectivity index (χ4n) is 2.00. The highest BCUT2D eigenvalue weighted by atomic mass is 32.2. The van der Waals surface area contributed by atoms with Crippen molar-refractivity contribution in [2.24, 2.45) is 0 Å². The minimum Gasteiger partial charge on any atom is -0.493 e. The van der Waals surface area contributed by atoms with E-state index in [-0.39, 0.29) is 28.8 Å². The van der Waals surface area contributed by atoms with E-state index in [2.05, 4.69) is 9.89 Å². The van der Waals surface area contributed by atoms with Gasteiger partial charge >= 0.3 is 6.61 Å². The molecule has 0 aliphatic carbocycles. The molecule has 6 nitrogen and oxygen atoms in total. The van der Waals surface area contributed by atoms with Crippen molar-refractivity contribution >= 4 is 9.84 Å².